The summed E-state index contributed by atoms with van der Waals surface area (Å²) in [5, 5.41) is 8.71. The summed E-state index contributed by atoms with van der Waals surface area (Å²) < 4.78 is 23.6. The second kappa shape index (κ2) is 4.52. The Hall–Kier alpha value is -1.69. The summed E-state index contributed by atoms with van der Waals surface area (Å²) in [6, 6.07) is 6.61. The summed E-state index contributed by atoms with van der Waals surface area (Å²) in [4.78, 5) is 10.7. The maximum Gasteiger partial charge on any atom is 0.334 e. The van der Waals surface area contributed by atoms with E-state index >= 15 is 0 Å². The SMILES string of the molecule is O=C(O)C(N=S(=O)=O)c1ccccc1. The predicted molar refractivity (Wildman–Crippen MR) is 48.2 cm³/mol. The Morgan fingerprint density at radius 3 is 2.29 bits per heavy atom. The molecule has 74 valence electrons. The van der Waals surface area contributed by atoms with Crippen LogP contribution in [0.3, 0.4) is 0 Å². The fraction of sp³-hybridized carbons (Fsp3) is 0.125. The minimum atomic E-state index is -2.72. The number of nitrogens with zero attached hydrogens (tertiary/aromatic N) is 1. The Morgan fingerprint density at radius 2 is 1.86 bits per heavy atom. The van der Waals surface area contributed by atoms with Crippen LogP contribution >= 0.6 is 0 Å². The van der Waals surface area contributed by atoms with Gasteiger partial charge in [0.15, 0.2) is 6.04 Å². The highest BCUT2D eigenvalue weighted by molar-refractivity contribution is 7.61. The second-order valence-electron chi connectivity index (χ2n) is 2.47. The molecule has 0 radical (unpaired) electrons. The molecule has 0 aliphatic rings. The number of aliphatic carboxylic acids is 1. The van der Waals surface area contributed by atoms with Gasteiger partial charge in [0, 0.05) is 0 Å². The number of carboxylic acid groups (broad SMARTS) is 1. The standard InChI is InChI=1S/C8H7NO4S/c10-8(11)7(9-14(12)13)6-4-2-1-3-5-6/h1-5,7H,(H,10,11). The first-order valence-corrected chi connectivity index (χ1v) is 4.72. The molecule has 0 aliphatic carbocycles. The van der Waals surface area contributed by atoms with E-state index in [0.717, 1.165) is 0 Å². The Balaban J connectivity index is 3.14. The molecule has 0 heterocycles. The third-order valence-corrected chi connectivity index (χ3v) is 1.92. The third kappa shape index (κ3) is 2.67. The van der Waals surface area contributed by atoms with Crippen LogP contribution in [0, 0.1) is 0 Å². The Labute approximate surface area is 81.7 Å². The van der Waals surface area contributed by atoms with Crippen LogP contribution in [0.2, 0.25) is 0 Å². The molecule has 0 spiro atoms. The fourth-order valence-corrected chi connectivity index (χ4v) is 1.35. The molecule has 0 bridgehead atoms. The van der Waals surface area contributed by atoms with Crippen LogP contribution in [-0.4, -0.2) is 19.5 Å². The van der Waals surface area contributed by atoms with Crippen LogP contribution in [0.5, 0.6) is 0 Å². The number of rotatable bonds is 3. The first-order chi connectivity index (χ1) is 6.61. The molecule has 1 aromatic rings. The van der Waals surface area contributed by atoms with Crippen LogP contribution in [-0.2, 0) is 15.3 Å². The van der Waals surface area contributed by atoms with Crippen LogP contribution < -0.4 is 0 Å². The van der Waals surface area contributed by atoms with Gasteiger partial charge in [0.1, 0.15) is 0 Å². The smallest absolute Gasteiger partial charge is 0.334 e. The third-order valence-electron chi connectivity index (χ3n) is 1.54. The Morgan fingerprint density at radius 1 is 1.29 bits per heavy atom. The zero-order valence-corrected chi connectivity index (χ0v) is 7.81. The van der Waals surface area contributed by atoms with Gasteiger partial charge in [-0.3, -0.25) is 0 Å². The topological polar surface area (TPSA) is 83.8 Å². The van der Waals surface area contributed by atoms with Gasteiger partial charge in [0.25, 0.3) is 0 Å². The summed E-state index contributed by atoms with van der Waals surface area (Å²) in [5.74, 6) is -1.29. The van der Waals surface area contributed by atoms with Gasteiger partial charge in [0.05, 0.1) is 0 Å². The Bertz CT molecular complexity index is 443. The first-order valence-electron chi connectivity index (χ1n) is 3.69. The van der Waals surface area contributed by atoms with Gasteiger partial charge in [-0.25, -0.2) is 4.79 Å². The van der Waals surface area contributed by atoms with E-state index in [1.807, 2.05) is 0 Å². The highest BCUT2D eigenvalue weighted by atomic mass is 32.2. The number of carboxylic acids is 1. The summed E-state index contributed by atoms with van der Waals surface area (Å²) in [6.45, 7) is 0. The van der Waals surface area contributed by atoms with Crippen molar-refractivity contribution >= 4 is 16.5 Å². The number of hydrogen-bond donors (Lipinski definition) is 1. The molecule has 0 amide bonds. The Kier molecular flexibility index (Phi) is 3.35. The molecule has 14 heavy (non-hydrogen) atoms. The minimum Gasteiger partial charge on any atom is -0.479 e. The molecular weight excluding hydrogens is 206 g/mol. The summed E-state index contributed by atoms with van der Waals surface area (Å²) >= 11 is 0. The molecule has 5 nitrogen and oxygen atoms in total. The van der Waals surface area contributed by atoms with Crippen molar-refractivity contribution < 1.29 is 18.3 Å². The molecule has 0 saturated carbocycles. The fourth-order valence-electron chi connectivity index (χ4n) is 0.970. The lowest BCUT2D eigenvalue weighted by atomic mass is 10.1. The molecule has 1 atom stereocenters. The van der Waals surface area contributed by atoms with Gasteiger partial charge >= 0.3 is 16.5 Å². The van der Waals surface area contributed by atoms with E-state index in [2.05, 4.69) is 4.36 Å². The van der Waals surface area contributed by atoms with Crippen LogP contribution in [0.15, 0.2) is 34.7 Å². The average Bonchev–Trinajstić information content (AvgIpc) is 2.15. The molecule has 1 unspecified atom stereocenters. The molecule has 0 saturated heterocycles. The van der Waals surface area contributed by atoms with Gasteiger partial charge in [-0.15, -0.1) is 0 Å². The molecule has 1 aromatic carbocycles. The van der Waals surface area contributed by atoms with E-state index in [-0.39, 0.29) is 0 Å². The average molecular weight is 213 g/mol. The molecule has 1 rings (SSSR count). The van der Waals surface area contributed by atoms with E-state index in [4.69, 9.17) is 5.11 Å². The highest BCUT2D eigenvalue weighted by Crippen LogP contribution is 2.16. The quantitative estimate of drug-likeness (QED) is 0.807. The summed E-state index contributed by atoms with van der Waals surface area (Å²) in [6.07, 6.45) is 0. The highest BCUT2D eigenvalue weighted by Gasteiger charge is 2.18. The van der Waals surface area contributed by atoms with Gasteiger partial charge < -0.3 is 5.11 Å². The largest absolute Gasteiger partial charge is 0.479 e. The van der Waals surface area contributed by atoms with Gasteiger partial charge in [-0.1, -0.05) is 30.3 Å². The van der Waals surface area contributed by atoms with Crippen molar-refractivity contribution in [3.63, 3.8) is 0 Å². The molecule has 6 heteroatoms. The molecule has 0 aromatic heterocycles. The summed E-state index contributed by atoms with van der Waals surface area (Å²) in [7, 11) is -2.72. The van der Waals surface area contributed by atoms with Crippen LogP contribution in [0.25, 0.3) is 0 Å². The first kappa shape index (κ1) is 10.4. The van der Waals surface area contributed by atoms with Crippen molar-refractivity contribution in [2.75, 3.05) is 0 Å². The normalized spacial score (nSPS) is 11.7. The molecule has 0 fully saturated rings. The van der Waals surface area contributed by atoms with Crippen molar-refractivity contribution in [1.29, 1.82) is 0 Å². The van der Waals surface area contributed by atoms with E-state index < -0.39 is 22.5 Å². The number of carbonyl (C=O) groups is 1. The van der Waals surface area contributed by atoms with Gasteiger partial charge in [-0.05, 0) is 5.56 Å². The van der Waals surface area contributed by atoms with Crippen LogP contribution in [0.1, 0.15) is 11.6 Å². The van der Waals surface area contributed by atoms with Crippen molar-refractivity contribution in [2.24, 2.45) is 4.36 Å². The maximum atomic E-state index is 10.7. The zero-order chi connectivity index (χ0) is 10.6. The van der Waals surface area contributed by atoms with Crippen molar-refractivity contribution in [1.82, 2.24) is 0 Å². The molecule has 1 N–H and O–H groups in total. The monoisotopic (exact) mass is 213 g/mol. The van der Waals surface area contributed by atoms with Crippen LogP contribution in [0.4, 0.5) is 0 Å². The van der Waals surface area contributed by atoms with Crippen molar-refractivity contribution in [3.8, 4) is 0 Å². The zero-order valence-electron chi connectivity index (χ0n) is 6.99. The van der Waals surface area contributed by atoms with Crippen molar-refractivity contribution in [3.05, 3.63) is 35.9 Å². The predicted octanol–water partition coefficient (Wildman–Crippen LogP) is 0.875. The van der Waals surface area contributed by atoms with E-state index in [1.54, 1.807) is 18.2 Å². The van der Waals surface area contributed by atoms with E-state index in [1.165, 1.54) is 12.1 Å². The lowest BCUT2D eigenvalue weighted by Gasteiger charge is -2.03. The lowest BCUT2D eigenvalue weighted by Crippen LogP contribution is -2.08. The summed E-state index contributed by atoms with van der Waals surface area (Å²) in [5.41, 5.74) is 0.337. The van der Waals surface area contributed by atoms with Crippen molar-refractivity contribution in [2.45, 2.75) is 6.04 Å². The minimum absolute atomic E-state index is 0.337. The van der Waals surface area contributed by atoms with E-state index in [9.17, 15) is 13.2 Å². The molecule has 0 aliphatic heterocycles. The van der Waals surface area contributed by atoms with Gasteiger partial charge in [0.2, 0.25) is 0 Å². The second-order valence-corrected chi connectivity index (χ2v) is 3.12. The number of benzene rings is 1. The maximum absolute atomic E-state index is 10.7. The van der Waals surface area contributed by atoms with Gasteiger partial charge in [-0.2, -0.15) is 12.8 Å². The molecular formula is C8H7NO4S. The lowest BCUT2D eigenvalue weighted by molar-refractivity contribution is -0.138. The number of hydrogen-bond acceptors (Lipinski definition) is 4. The van der Waals surface area contributed by atoms with E-state index in [0.29, 0.717) is 5.56 Å².